The molecule has 1 heterocycles. The fourth-order valence-electron chi connectivity index (χ4n) is 3.29. The zero-order valence-electron chi connectivity index (χ0n) is 15.7. The van der Waals surface area contributed by atoms with Crippen LogP contribution in [0.2, 0.25) is 0 Å². The molecule has 1 fully saturated rings. The Morgan fingerprint density at radius 2 is 1.93 bits per heavy atom. The highest BCUT2D eigenvalue weighted by molar-refractivity contribution is 9.10. The van der Waals surface area contributed by atoms with Crippen molar-refractivity contribution >= 4 is 45.0 Å². The Balaban J connectivity index is 1.66. The molecule has 0 radical (unpaired) electrons. The van der Waals surface area contributed by atoms with Crippen LogP contribution < -0.4 is 15.5 Å². The molecule has 0 aromatic heterocycles. The number of hydrogen-bond donors (Lipinski definition) is 2. The van der Waals surface area contributed by atoms with Gasteiger partial charge in [-0.2, -0.15) is 0 Å². The Hall–Kier alpha value is -2.67. The van der Waals surface area contributed by atoms with E-state index in [0.29, 0.717) is 12.2 Å². The van der Waals surface area contributed by atoms with E-state index in [9.17, 15) is 14.4 Å². The van der Waals surface area contributed by atoms with E-state index in [-0.39, 0.29) is 30.2 Å². The standard InChI is InChI=1S/C21H22BrN3O3/c1-13(15-6-5-7-17(10-15)24-14(2)26)23-21(28)16-11-20(27)25(12-16)19-9-4-3-8-18(19)22/h3-10,13,16H,11-12H2,1-2H3,(H,23,28)(H,24,26). The molecule has 7 heteroatoms. The van der Waals surface area contributed by atoms with Crippen LogP contribution in [0.15, 0.2) is 53.0 Å². The number of halogens is 1. The van der Waals surface area contributed by atoms with E-state index in [2.05, 4.69) is 26.6 Å². The third kappa shape index (κ3) is 4.59. The number of nitrogens with zero attached hydrogens (tertiary/aromatic N) is 1. The average molecular weight is 444 g/mol. The van der Waals surface area contributed by atoms with E-state index >= 15 is 0 Å². The van der Waals surface area contributed by atoms with E-state index in [4.69, 9.17) is 0 Å². The van der Waals surface area contributed by atoms with Gasteiger partial charge in [0.25, 0.3) is 0 Å². The van der Waals surface area contributed by atoms with Gasteiger partial charge in [0.15, 0.2) is 0 Å². The molecule has 2 atom stereocenters. The minimum absolute atomic E-state index is 0.0626. The second kappa shape index (κ2) is 8.56. The number of rotatable bonds is 5. The number of anilines is 2. The third-order valence-electron chi connectivity index (χ3n) is 4.70. The van der Waals surface area contributed by atoms with Crippen molar-refractivity contribution in [3.05, 3.63) is 58.6 Å². The minimum atomic E-state index is -0.402. The summed E-state index contributed by atoms with van der Waals surface area (Å²) in [4.78, 5) is 38.0. The Morgan fingerprint density at radius 3 is 2.64 bits per heavy atom. The first-order valence-corrected chi connectivity index (χ1v) is 9.87. The highest BCUT2D eigenvalue weighted by atomic mass is 79.9. The van der Waals surface area contributed by atoms with E-state index in [0.717, 1.165) is 15.7 Å². The van der Waals surface area contributed by atoms with Gasteiger partial charge in [-0.15, -0.1) is 0 Å². The number of nitrogens with one attached hydrogen (secondary N) is 2. The molecule has 1 aliphatic rings. The SMILES string of the molecule is CC(=O)Nc1cccc(C(C)NC(=O)C2CC(=O)N(c3ccccc3Br)C2)c1. The summed E-state index contributed by atoms with van der Waals surface area (Å²) in [6.45, 7) is 3.69. The molecule has 0 saturated carbocycles. The van der Waals surface area contributed by atoms with Crippen LogP contribution in [0.1, 0.15) is 31.9 Å². The number of para-hydroxylation sites is 1. The quantitative estimate of drug-likeness (QED) is 0.740. The lowest BCUT2D eigenvalue weighted by Crippen LogP contribution is -2.34. The molecule has 0 spiro atoms. The molecule has 1 aliphatic heterocycles. The van der Waals surface area contributed by atoms with Crippen LogP contribution in [0.4, 0.5) is 11.4 Å². The normalized spacial score (nSPS) is 17.3. The Labute approximate surface area is 172 Å². The van der Waals surface area contributed by atoms with Crippen molar-refractivity contribution in [2.75, 3.05) is 16.8 Å². The summed E-state index contributed by atoms with van der Waals surface area (Å²) < 4.78 is 0.826. The Morgan fingerprint density at radius 1 is 1.18 bits per heavy atom. The monoisotopic (exact) mass is 443 g/mol. The van der Waals surface area contributed by atoms with Crippen LogP contribution in [0, 0.1) is 5.92 Å². The summed E-state index contributed by atoms with van der Waals surface area (Å²) in [6.07, 6.45) is 0.186. The van der Waals surface area contributed by atoms with Crippen LogP contribution in [-0.4, -0.2) is 24.3 Å². The predicted molar refractivity (Wildman–Crippen MR) is 112 cm³/mol. The minimum Gasteiger partial charge on any atom is -0.349 e. The van der Waals surface area contributed by atoms with Crippen molar-refractivity contribution in [3.63, 3.8) is 0 Å². The Kier molecular flexibility index (Phi) is 6.14. The molecule has 1 saturated heterocycles. The van der Waals surface area contributed by atoms with Gasteiger partial charge in [0.2, 0.25) is 17.7 Å². The fourth-order valence-corrected chi connectivity index (χ4v) is 3.79. The van der Waals surface area contributed by atoms with E-state index in [1.165, 1.54) is 6.92 Å². The second-order valence-electron chi connectivity index (χ2n) is 6.89. The number of carbonyl (C=O) groups is 3. The zero-order valence-corrected chi connectivity index (χ0v) is 17.3. The summed E-state index contributed by atoms with van der Waals surface area (Å²) in [6, 6.07) is 14.6. The van der Waals surface area contributed by atoms with Crippen LogP contribution in [0.25, 0.3) is 0 Å². The highest BCUT2D eigenvalue weighted by Crippen LogP contribution is 2.31. The summed E-state index contributed by atoms with van der Waals surface area (Å²) in [5.41, 5.74) is 2.34. The van der Waals surface area contributed by atoms with Gasteiger partial charge in [-0.25, -0.2) is 0 Å². The molecular weight excluding hydrogens is 422 g/mol. The van der Waals surface area contributed by atoms with Gasteiger partial charge in [-0.3, -0.25) is 14.4 Å². The first-order valence-electron chi connectivity index (χ1n) is 9.08. The number of benzene rings is 2. The summed E-state index contributed by atoms with van der Waals surface area (Å²) in [7, 11) is 0. The number of carbonyl (C=O) groups excluding carboxylic acids is 3. The predicted octanol–water partition coefficient (Wildman–Crippen LogP) is 3.64. The van der Waals surface area contributed by atoms with Crippen molar-refractivity contribution in [2.24, 2.45) is 5.92 Å². The zero-order chi connectivity index (χ0) is 20.3. The molecule has 2 aromatic rings. The highest BCUT2D eigenvalue weighted by Gasteiger charge is 2.36. The van der Waals surface area contributed by atoms with Gasteiger partial charge < -0.3 is 15.5 Å². The van der Waals surface area contributed by atoms with Crippen LogP contribution in [-0.2, 0) is 14.4 Å². The molecule has 146 valence electrons. The molecule has 28 heavy (non-hydrogen) atoms. The fraction of sp³-hybridized carbons (Fsp3) is 0.286. The molecule has 6 nitrogen and oxygen atoms in total. The topological polar surface area (TPSA) is 78.5 Å². The van der Waals surface area contributed by atoms with Gasteiger partial charge in [0.1, 0.15) is 0 Å². The van der Waals surface area contributed by atoms with Gasteiger partial charge >= 0.3 is 0 Å². The van der Waals surface area contributed by atoms with Crippen molar-refractivity contribution in [1.29, 1.82) is 0 Å². The van der Waals surface area contributed by atoms with Crippen LogP contribution in [0.3, 0.4) is 0 Å². The molecular formula is C21H22BrN3O3. The summed E-state index contributed by atoms with van der Waals surface area (Å²) >= 11 is 3.46. The molecule has 0 bridgehead atoms. The van der Waals surface area contributed by atoms with Crippen molar-refractivity contribution < 1.29 is 14.4 Å². The largest absolute Gasteiger partial charge is 0.349 e. The van der Waals surface area contributed by atoms with Crippen LogP contribution in [0.5, 0.6) is 0 Å². The molecule has 0 aliphatic carbocycles. The van der Waals surface area contributed by atoms with Gasteiger partial charge in [0, 0.05) is 30.0 Å². The van der Waals surface area contributed by atoms with E-state index in [1.54, 1.807) is 11.0 Å². The number of hydrogen-bond acceptors (Lipinski definition) is 3. The van der Waals surface area contributed by atoms with Crippen LogP contribution >= 0.6 is 15.9 Å². The maximum atomic E-state index is 12.7. The van der Waals surface area contributed by atoms with E-state index in [1.807, 2.05) is 49.4 Å². The molecule has 3 rings (SSSR count). The van der Waals surface area contributed by atoms with Crippen molar-refractivity contribution in [2.45, 2.75) is 26.3 Å². The molecule has 2 N–H and O–H groups in total. The average Bonchev–Trinajstić information content (AvgIpc) is 3.03. The summed E-state index contributed by atoms with van der Waals surface area (Å²) in [5, 5.41) is 5.72. The van der Waals surface area contributed by atoms with E-state index < -0.39 is 5.92 Å². The maximum absolute atomic E-state index is 12.7. The lowest BCUT2D eigenvalue weighted by atomic mass is 10.0. The number of amides is 3. The van der Waals surface area contributed by atoms with Gasteiger partial charge in [-0.1, -0.05) is 24.3 Å². The smallest absolute Gasteiger partial charge is 0.227 e. The molecule has 3 amide bonds. The molecule has 2 aromatic carbocycles. The first kappa shape index (κ1) is 20.1. The van der Waals surface area contributed by atoms with Gasteiger partial charge in [0.05, 0.1) is 17.6 Å². The molecule has 2 unspecified atom stereocenters. The lowest BCUT2D eigenvalue weighted by molar-refractivity contribution is -0.126. The van der Waals surface area contributed by atoms with Gasteiger partial charge in [-0.05, 0) is 52.7 Å². The third-order valence-corrected chi connectivity index (χ3v) is 5.38. The second-order valence-corrected chi connectivity index (χ2v) is 7.75. The first-order chi connectivity index (χ1) is 13.3. The maximum Gasteiger partial charge on any atom is 0.227 e. The van der Waals surface area contributed by atoms with Crippen molar-refractivity contribution in [3.8, 4) is 0 Å². The lowest BCUT2D eigenvalue weighted by Gasteiger charge is -2.20. The van der Waals surface area contributed by atoms with Crippen molar-refractivity contribution in [1.82, 2.24) is 5.32 Å². The Bertz CT molecular complexity index is 915. The summed E-state index contributed by atoms with van der Waals surface area (Å²) in [5.74, 6) is -0.765.